The van der Waals surface area contributed by atoms with Gasteiger partial charge in [-0.05, 0) is 61.4 Å². The van der Waals surface area contributed by atoms with Crippen molar-refractivity contribution in [1.82, 2.24) is 14.9 Å². The highest BCUT2D eigenvalue weighted by Gasteiger charge is 2.41. The first-order valence-corrected chi connectivity index (χ1v) is 14.1. The van der Waals surface area contributed by atoms with E-state index in [1.807, 2.05) is 18.2 Å². The lowest BCUT2D eigenvalue weighted by Crippen LogP contribution is -2.56. The molecule has 0 radical (unpaired) electrons. The number of sulfonamides is 1. The van der Waals surface area contributed by atoms with Crippen LogP contribution in [0.4, 0.5) is 4.39 Å². The summed E-state index contributed by atoms with van der Waals surface area (Å²) in [5.74, 6) is -1.08. The van der Waals surface area contributed by atoms with Gasteiger partial charge in [-0.1, -0.05) is 49.2 Å². The predicted octanol–water partition coefficient (Wildman–Crippen LogP) is 3.99. The maximum absolute atomic E-state index is 13.7. The van der Waals surface area contributed by atoms with Gasteiger partial charge in [0.15, 0.2) is 0 Å². The van der Waals surface area contributed by atoms with E-state index in [4.69, 9.17) is 0 Å². The van der Waals surface area contributed by atoms with Crippen LogP contribution in [-0.2, 0) is 14.8 Å². The van der Waals surface area contributed by atoms with Crippen molar-refractivity contribution >= 4 is 32.6 Å². The van der Waals surface area contributed by atoms with Gasteiger partial charge in [0.05, 0.1) is 4.90 Å². The molecular formula is C28H30FN3O4S. The second-order valence-corrected chi connectivity index (χ2v) is 11.6. The van der Waals surface area contributed by atoms with Gasteiger partial charge in [-0.15, -0.1) is 0 Å². The first kappa shape index (κ1) is 25.4. The number of fused-ring (bicyclic) bond motifs is 1. The van der Waals surface area contributed by atoms with E-state index in [0.717, 1.165) is 18.2 Å². The minimum atomic E-state index is -3.90. The van der Waals surface area contributed by atoms with Gasteiger partial charge in [0, 0.05) is 29.6 Å². The summed E-state index contributed by atoms with van der Waals surface area (Å²) in [6.45, 7) is 0.277. The number of hydrogen-bond acceptors (Lipinski definition) is 4. The quantitative estimate of drug-likeness (QED) is 0.511. The van der Waals surface area contributed by atoms with Gasteiger partial charge in [0.1, 0.15) is 11.9 Å². The molecule has 2 aliphatic rings. The molecule has 0 unspecified atom stereocenters. The molecule has 1 aliphatic carbocycles. The minimum Gasteiger partial charge on any atom is -0.350 e. The molecule has 2 amide bonds. The molecule has 2 N–H and O–H groups in total. The topological polar surface area (TPSA) is 95.6 Å². The summed E-state index contributed by atoms with van der Waals surface area (Å²) in [6, 6.07) is 16.4. The van der Waals surface area contributed by atoms with E-state index >= 15 is 0 Å². The second kappa shape index (κ2) is 10.6. The molecule has 3 aromatic rings. The van der Waals surface area contributed by atoms with Crippen LogP contribution >= 0.6 is 0 Å². The Bertz CT molecular complexity index is 1410. The van der Waals surface area contributed by atoms with Crippen LogP contribution in [-0.4, -0.2) is 49.2 Å². The molecule has 3 aromatic carbocycles. The van der Waals surface area contributed by atoms with Crippen molar-refractivity contribution < 1.29 is 22.4 Å². The van der Waals surface area contributed by atoms with Crippen LogP contribution in [0.3, 0.4) is 0 Å². The van der Waals surface area contributed by atoms with E-state index in [9.17, 15) is 22.4 Å². The first-order valence-electron chi connectivity index (χ1n) is 12.7. The van der Waals surface area contributed by atoms with Gasteiger partial charge >= 0.3 is 0 Å². The summed E-state index contributed by atoms with van der Waals surface area (Å²) in [6.07, 6.45) is 4.22. The number of benzene rings is 3. The zero-order valence-corrected chi connectivity index (χ0v) is 21.2. The van der Waals surface area contributed by atoms with Crippen molar-refractivity contribution in [2.24, 2.45) is 0 Å². The van der Waals surface area contributed by atoms with Crippen LogP contribution in [0.5, 0.6) is 0 Å². The monoisotopic (exact) mass is 523 g/mol. The van der Waals surface area contributed by atoms with Crippen molar-refractivity contribution in [3.8, 4) is 0 Å². The Kier molecular flexibility index (Phi) is 7.26. The Morgan fingerprint density at radius 2 is 1.49 bits per heavy atom. The number of nitrogens with zero attached hydrogens (tertiary/aromatic N) is 1. The first-order chi connectivity index (χ1) is 17.8. The Labute approximate surface area is 216 Å². The van der Waals surface area contributed by atoms with E-state index in [-0.39, 0.29) is 35.3 Å². The van der Waals surface area contributed by atoms with E-state index in [1.165, 1.54) is 28.6 Å². The summed E-state index contributed by atoms with van der Waals surface area (Å²) in [5.41, 5.74) is 0.347. The summed E-state index contributed by atoms with van der Waals surface area (Å²) < 4.78 is 42.0. The van der Waals surface area contributed by atoms with Gasteiger partial charge in [0.2, 0.25) is 15.9 Å². The molecule has 1 saturated heterocycles. The Morgan fingerprint density at radius 3 is 2.24 bits per heavy atom. The molecule has 1 saturated carbocycles. The van der Waals surface area contributed by atoms with E-state index in [2.05, 4.69) is 10.6 Å². The molecule has 0 bridgehead atoms. The lowest BCUT2D eigenvalue weighted by molar-refractivity contribution is -0.125. The maximum Gasteiger partial charge on any atom is 0.251 e. The van der Waals surface area contributed by atoms with Crippen molar-refractivity contribution in [1.29, 1.82) is 0 Å². The van der Waals surface area contributed by atoms with Crippen molar-refractivity contribution in [3.63, 3.8) is 0 Å². The van der Waals surface area contributed by atoms with Crippen LogP contribution < -0.4 is 10.6 Å². The molecule has 9 heteroatoms. The summed E-state index contributed by atoms with van der Waals surface area (Å²) in [5, 5.41) is 7.48. The molecule has 37 heavy (non-hydrogen) atoms. The molecule has 3 atom stereocenters. The molecule has 7 nitrogen and oxygen atoms in total. The molecule has 0 aromatic heterocycles. The van der Waals surface area contributed by atoms with Gasteiger partial charge < -0.3 is 10.6 Å². The van der Waals surface area contributed by atoms with Crippen LogP contribution in [0.15, 0.2) is 71.6 Å². The van der Waals surface area contributed by atoms with Gasteiger partial charge in [-0.25, -0.2) is 12.8 Å². The zero-order chi connectivity index (χ0) is 26.0. The number of carbonyl (C=O) groups is 2. The fourth-order valence-corrected chi connectivity index (χ4v) is 7.32. The fraction of sp³-hybridized carbons (Fsp3) is 0.357. The molecule has 0 spiro atoms. The highest BCUT2D eigenvalue weighted by Crippen LogP contribution is 2.31. The number of nitrogens with one attached hydrogen (secondary N) is 2. The second-order valence-electron chi connectivity index (χ2n) is 9.74. The SMILES string of the molecule is O=C(N[C@@H]1CCCC[C@H]1NC(=O)[C@@H]1CCCN1S(=O)(=O)c1cccc2ccccc12)c1ccc(F)cc1. The maximum atomic E-state index is 13.7. The van der Waals surface area contributed by atoms with Crippen LogP contribution in [0.2, 0.25) is 0 Å². The summed E-state index contributed by atoms with van der Waals surface area (Å²) >= 11 is 0. The van der Waals surface area contributed by atoms with Gasteiger partial charge in [-0.3, -0.25) is 9.59 Å². The van der Waals surface area contributed by atoms with E-state index < -0.39 is 21.9 Å². The molecule has 2 fully saturated rings. The number of hydrogen-bond donors (Lipinski definition) is 2. The highest BCUT2D eigenvalue weighted by atomic mass is 32.2. The van der Waals surface area contributed by atoms with Crippen molar-refractivity contribution in [3.05, 3.63) is 78.1 Å². The molecule has 194 valence electrons. The van der Waals surface area contributed by atoms with E-state index in [0.29, 0.717) is 36.6 Å². The summed E-state index contributed by atoms with van der Waals surface area (Å²) in [4.78, 5) is 26.4. The third kappa shape index (κ3) is 5.24. The van der Waals surface area contributed by atoms with Crippen molar-refractivity contribution in [2.45, 2.75) is 61.5 Å². The Balaban J connectivity index is 1.32. The average molecular weight is 524 g/mol. The minimum absolute atomic E-state index is 0.201. The third-order valence-electron chi connectivity index (χ3n) is 7.36. The lowest BCUT2D eigenvalue weighted by atomic mass is 9.89. The number of carbonyl (C=O) groups excluding carboxylic acids is 2. The van der Waals surface area contributed by atoms with Crippen LogP contribution in [0.1, 0.15) is 48.9 Å². The summed E-state index contributed by atoms with van der Waals surface area (Å²) in [7, 11) is -3.90. The number of amides is 2. The van der Waals surface area contributed by atoms with Crippen LogP contribution in [0, 0.1) is 5.82 Å². The normalized spacial score (nSPS) is 22.6. The van der Waals surface area contributed by atoms with Gasteiger partial charge in [0.25, 0.3) is 5.91 Å². The zero-order valence-electron chi connectivity index (χ0n) is 20.4. The van der Waals surface area contributed by atoms with E-state index in [1.54, 1.807) is 24.3 Å². The number of halogens is 1. The van der Waals surface area contributed by atoms with Crippen molar-refractivity contribution in [2.75, 3.05) is 6.54 Å². The lowest BCUT2D eigenvalue weighted by Gasteiger charge is -2.34. The van der Waals surface area contributed by atoms with Gasteiger partial charge in [-0.2, -0.15) is 4.31 Å². The predicted molar refractivity (Wildman–Crippen MR) is 139 cm³/mol. The fourth-order valence-electron chi connectivity index (χ4n) is 5.45. The Hall–Kier alpha value is -3.30. The largest absolute Gasteiger partial charge is 0.350 e. The van der Waals surface area contributed by atoms with Crippen LogP contribution in [0.25, 0.3) is 10.8 Å². The third-order valence-corrected chi connectivity index (χ3v) is 9.33. The highest BCUT2D eigenvalue weighted by molar-refractivity contribution is 7.89. The smallest absolute Gasteiger partial charge is 0.251 e. The Morgan fingerprint density at radius 1 is 0.811 bits per heavy atom. The molecule has 1 aliphatic heterocycles. The standard InChI is InChI=1S/C28H30FN3O4S/c29-21-16-14-20(15-17-21)27(33)30-23-10-3-4-11-24(23)31-28(34)25-12-6-18-32(25)37(35,36)26-13-5-8-19-7-1-2-9-22(19)26/h1-2,5,7-9,13-17,23-25H,3-4,6,10-12,18H2,(H,30,33)(H,31,34)/t23-,24-,25+/m1/s1. The molecule has 5 rings (SSSR count). The molecule has 1 heterocycles. The number of rotatable bonds is 6. The molecular weight excluding hydrogens is 493 g/mol. The average Bonchev–Trinajstić information content (AvgIpc) is 3.41.